The van der Waals surface area contributed by atoms with Gasteiger partial charge in [-0.3, -0.25) is 0 Å². The number of benzene rings is 1. The molecule has 0 fully saturated rings. The molecule has 17 heavy (non-hydrogen) atoms. The third-order valence-electron chi connectivity index (χ3n) is 2.98. The molecule has 0 radical (unpaired) electrons. The summed E-state index contributed by atoms with van der Waals surface area (Å²) in [6, 6.07) is 8.23. The highest BCUT2D eigenvalue weighted by Gasteiger charge is 2.23. The highest BCUT2D eigenvalue weighted by Crippen LogP contribution is 2.23. The average molecular weight is 236 g/mol. The number of rotatable bonds is 6. The van der Waals surface area contributed by atoms with Gasteiger partial charge in [-0.05, 0) is 50.2 Å². The van der Waals surface area contributed by atoms with Gasteiger partial charge in [0.2, 0.25) is 0 Å². The third kappa shape index (κ3) is 4.36. The zero-order valence-electron chi connectivity index (χ0n) is 11.4. The van der Waals surface area contributed by atoms with Gasteiger partial charge in [0.1, 0.15) is 5.75 Å². The Hall–Kier alpha value is -1.06. The van der Waals surface area contributed by atoms with Crippen molar-refractivity contribution < 1.29 is 4.74 Å². The maximum absolute atomic E-state index is 5.91. The van der Waals surface area contributed by atoms with Gasteiger partial charge in [0.15, 0.2) is 0 Å². The minimum absolute atomic E-state index is 0.123. The van der Waals surface area contributed by atoms with Gasteiger partial charge >= 0.3 is 0 Å². The smallest absolute Gasteiger partial charge is 0.118 e. The normalized spacial score (nSPS) is 14.7. The number of methoxy groups -OCH3 is 1. The van der Waals surface area contributed by atoms with Crippen molar-refractivity contribution in [1.29, 1.82) is 0 Å². The Morgan fingerprint density at radius 1 is 1.24 bits per heavy atom. The first-order chi connectivity index (χ1) is 7.99. The predicted molar refractivity (Wildman–Crippen MR) is 72.4 cm³/mol. The molecule has 0 saturated carbocycles. The van der Waals surface area contributed by atoms with Gasteiger partial charge < -0.3 is 15.4 Å². The van der Waals surface area contributed by atoms with E-state index in [2.05, 4.69) is 38.1 Å². The van der Waals surface area contributed by atoms with E-state index in [1.54, 1.807) is 7.11 Å². The summed E-state index contributed by atoms with van der Waals surface area (Å²) in [6.07, 6.45) is 0.992. The van der Waals surface area contributed by atoms with Crippen LogP contribution in [-0.2, 0) is 6.42 Å². The number of nitrogens with zero attached hydrogens (tertiary/aromatic N) is 1. The molecule has 2 N–H and O–H groups in total. The van der Waals surface area contributed by atoms with Crippen LogP contribution in [0.3, 0.4) is 0 Å². The lowest BCUT2D eigenvalue weighted by Crippen LogP contribution is -2.39. The molecule has 1 atom stereocenters. The minimum atomic E-state index is 0.123. The van der Waals surface area contributed by atoms with Crippen molar-refractivity contribution in [2.45, 2.75) is 13.3 Å². The highest BCUT2D eigenvalue weighted by atomic mass is 16.5. The van der Waals surface area contributed by atoms with E-state index in [0.717, 1.165) is 18.7 Å². The van der Waals surface area contributed by atoms with Crippen molar-refractivity contribution in [3.8, 4) is 5.75 Å². The molecule has 96 valence electrons. The molecule has 0 amide bonds. The molecular weight excluding hydrogens is 212 g/mol. The lowest BCUT2D eigenvalue weighted by molar-refractivity contribution is 0.224. The maximum atomic E-state index is 5.91. The molecule has 1 aromatic carbocycles. The molecule has 3 heteroatoms. The molecule has 0 aliphatic carbocycles. The van der Waals surface area contributed by atoms with Crippen molar-refractivity contribution in [2.75, 3.05) is 34.3 Å². The zero-order chi connectivity index (χ0) is 12.9. The van der Waals surface area contributed by atoms with Crippen LogP contribution in [-0.4, -0.2) is 39.2 Å². The topological polar surface area (TPSA) is 38.5 Å². The van der Waals surface area contributed by atoms with Gasteiger partial charge in [0.05, 0.1) is 7.11 Å². The van der Waals surface area contributed by atoms with E-state index in [9.17, 15) is 0 Å². The summed E-state index contributed by atoms with van der Waals surface area (Å²) >= 11 is 0. The van der Waals surface area contributed by atoms with Crippen LogP contribution in [0.2, 0.25) is 0 Å². The van der Waals surface area contributed by atoms with E-state index in [-0.39, 0.29) is 5.41 Å². The van der Waals surface area contributed by atoms with E-state index in [4.69, 9.17) is 10.5 Å². The van der Waals surface area contributed by atoms with Gasteiger partial charge in [-0.25, -0.2) is 0 Å². The van der Waals surface area contributed by atoms with E-state index >= 15 is 0 Å². The van der Waals surface area contributed by atoms with Crippen LogP contribution in [0.25, 0.3) is 0 Å². The highest BCUT2D eigenvalue weighted by molar-refractivity contribution is 5.27. The van der Waals surface area contributed by atoms with Crippen molar-refractivity contribution in [2.24, 2.45) is 11.1 Å². The fourth-order valence-corrected chi connectivity index (χ4v) is 2.19. The first kappa shape index (κ1) is 14.0. The monoisotopic (exact) mass is 236 g/mol. The second-order valence-corrected chi connectivity index (χ2v) is 5.28. The second-order valence-electron chi connectivity index (χ2n) is 5.28. The summed E-state index contributed by atoms with van der Waals surface area (Å²) in [4.78, 5) is 2.19. The maximum Gasteiger partial charge on any atom is 0.118 e. The molecule has 1 unspecified atom stereocenters. The van der Waals surface area contributed by atoms with Crippen LogP contribution in [0.5, 0.6) is 5.75 Å². The molecule has 0 saturated heterocycles. The van der Waals surface area contributed by atoms with Gasteiger partial charge in [-0.15, -0.1) is 0 Å². The van der Waals surface area contributed by atoms with Crippen molar-refractivity contribution in [1.82, 2.24) is 4.90 Å². The van der Waals surface area contributed by atoms with E-state index in [1.165, 1.54) is 5.56 Å². The summed E-state index contributed by atoms with van der Waals surface area (Å²) in [5, 5.41) is 0. The van der Waals surface area contributed by atoms with E-state index in [0.29, 0.717) is 6.54 Å². The molecule has 0 aromatic heterocycles. The molecule has 1 rings (SSSR count). The van der Waals surface area contributed by atoms with Gasteiger partial charge in [0.25, 0.3) is 0 Å². The fourth-order valence-electron chi connectivity index (χ4n) is 2.19. The van der Waals surface area contributed by atoms with Crippen molar-refractivity contribution >= 4 is 0 Å². The molecule has 3 nitrogen and oxygen atoms in total. The second kappa shape index (κ2) is 6.03. The largest absolute Gasteiger partial charge is 0.497 e. The molecule has 0 aliphatic rings. The zero-order valence-corrected chi connectivity index (χ0v) is 11.4. The summed E-state index contributed by atoms with van der Waals surface area (Å²) < 4.78 is 5.16. The lowest BCUT2D eigenvalue weighted by Gasteiger charge is -2.31. The summed E-state index contributed by atoms with van der Waals surface area (Å²) in [5.41, 5.74) is 7.34. The average Bonchev–Trinajstić information content (AvgIpc) is 2.29. The van der Waals surface area contributed by atoms with Gasteiger partial charge in [-0.1, -0.05) is 19.1 Å². The van der Waals surface area contributed by atoms with E-state index in [1.807, 2.05) is 12.1 Å². The first-order valence-electron chi connectivity index (χ1n) is 5.97. The van der Waals surface area contributed by atoms with Crippen LogP contribution in [0, 0.1) is 5.41 Å². The molecule has 0 spiro atoms. The molecule has 0 heterocycles. The quantitative estimate of drug-likeness (QED) is 0.818. The van der Waals surface area contributed by atoms with Crippen LogP contribution in [0.1, 0.15) is 12.5 Å². The summed E-state index contributed by atoms with van der Waals surface area (Å²) in [5.74, 6) is 0.899. The number of ether oxygens (including phenoxy) is 1. The number of hydrogen-bond acceptors (Lipinski definition) is 3. The standard InChI is InChI=1S/C14H24N2O/c1-14(10-15,11-16(2)3)9-12-5-7-13(17-4)8-6-12/h5-8H,9-11,15H2,1-4H3. The van der Waals surface area contributed by atoms with E-state index < -0.39 is 0 Å². The van der Waals surface area contributed by atoms with Crippen LogP contribution >= 0.6 is 0 Å². The lowest BCUT2D eigenvalue weighted by atomic mass is 9.83. The SMILES string of the molecule is COc1ccc(CC(C)(CN)CN(C)C)cc1. The van der Waals surface area contributed by atoms with Crippen molar-refractivity contribution in [3.05, 3.63) is 29.8 Å². The molecular formula is C14H24N2O. The van der Waals surface area contributed by atoms with Gasteiger partial charge in [0, 0.05) is 6.54 Å². The van der Waals surface area contributed by atoms with Crippen molar-refractivity contribution in [3.63, 3.8) is 0 Å². The Labute approximate surface area is 105 Å². The Bertz CT molecular complexity index is 335. The molecule has 0 bridgehead atoms. The number of hydrogen-bond donors (Lipinski definition) is 1. The molecule has 1 aromatic rings. The fraction of sp³-hybridized carbons (Fsp3) is 0.571. The van der Waals surface area contributed by atoms with Gasteiger partial charge in [-0.2, -0.15) is 0 Å². The van der Waals surface area contributed by atoms with Crippen LogP contribution in [0.4, 0.5) is 0 Å². The van der Waals surface area contributed by atoms with Crippen LogP contribution in [0.15, 0.2) is 24.3 Å². The Balaban J connectivity index is 2.72. The third-order valence-corrected chi connectivity index (χ3v) is 2.98. The Morgan fingerprint density at radius 3 is 2.24 bits per heavy atom. The molecule has 0 aliphatic heterocycles. The number of nitrogens with two attached hydrogens (primary N) is 1. The Morgan fingerprint density at radius 2 is 1.82 bits per heavy atom. The predicted octanol–water partition coefficient (Wildman–Crippen LogP) is 1.76. The summed E-state index contributed by atoms with van der Waals surface area (Å²) in [6.45, 7) is 3.92. The Kier molecular flexibility index (Phi) is 4.97. The minimum Gasteiger partial charge on any atom is -0.497 e. The van der Waals surface area contributed by atoms with Crippen LogP contribution < -0.4 is 10.5 Å². The first-order valence-corrected chi connectivity index (χ1v) is 5.97. The summed E-state index contributed by atoms with van der Waals surface area (Å²) in [7, 11) is 5.86.